The van der Waals surface area contributed by atoms with Crippen LogP contribution in [-0.2, 0) is 16.1 Å². The Morgan fingerprint density at radius 2 is 1.83 bits per heavy atom. The van der Waals surface area contributed by atoms with E-state index in [0.29, 0.717) is 34.8 Å². The van der Waals surface area contributed by atoms with E-state index in [2.05, 4.69) is 5.92 Å². The highest BCUT2D eigenvalue weighted by Crippen LogP contribution is 2.35. The fourth-order valence-corrected chi connectivity index (χ4v) is 3.76. The molecule has 1 atom stereocenters. The predicted molar refractivity (Wildman–Crippen MR) is 133 cm³/mol. The van der Waals surface area contributed by atoms with Gasteiger partial charge in [0, 0.05) is 11.1 Å². The van der Waals surface area contributed by atoms with E-state index in [1.165, 1.54) is 20.3 Å². The van der Waals surface area contributed by atoms with Crippen LogP contribution < -0.4 is 14.2 Å². The molecule has 0 aromatic heterocycles. The third kappa shape index (κ3) is 6.77. The molecule has 0 N–H and O–H groups in total. The summed E-state index contributed by atoms with van der Waals surface area (Å²) in [5.74, 6) is 3.53. The minimum atomic E-state index is -0.394. The van der Waals surface area contributed by atoms with Gasteiger partial charge >= 0.3 is 5.97 Å². The summed E-state index contributed by atoms with van der Waals surface area (Å²) in [7, 11) is 2.92. The van der Waals surface area contributed by atoms with Gasteiger partial charge in [-0.2, -0.15) is 0 Å². The van der Waals surface area contributed by atoms with Gasteiger partial charge in [-0.1, -0.05) is 37.1 Å². The lowest BCUT2D eigenvalue weighted by atomic mass is 9.93. The number of rotatable bonds is 11. The van der Waals surface area contributed by atoms with Crippen molar-refractivity contribution in [1.29, 1.82) is 0 Å². The number of carbonyl (C=O) groups excluding carboxylic acids is 1. The molecule has 0 spiro atoms. The van der Waals surface area contributed by atoms with Crippen LogP contribution in [-0.4, -0.2) is 26.8 Å². The Kier molecular flexibility index (Phi) is 9.14. The zero-order chi connectivity index (χ0) is 25.2. The average Bonchev–Trinajstić information content (AvgIpc) is 2.89. The van der Waals surface area contributed by atoms with E-state index in [-0.39, 0.29) is 25.1 Å². The third-order valence-electron chi connectivity index (χ3n) is 5.69. The van der Waals surface area contributed by atoms with Crippen LogP contribution in [0.4, 0.5) is 4.39 Å². The molecule has 5 nitrogen and oxygen atoms in total. The molecule has 182 valence electrons. The van der Waals surface area contributed by atoms with Gasteiger partial charge in [-0.05, 0) is 59.9 Å². The van der Waals surface area contributed by atoms with Crippen LogP contribution in [0.2, 0.25) is 0 Å². The van der Waals surface area contributed by atoms with E-state index in [4.69, 9.17) is 25.4 Å². The molecule has 0 aliphatic rings. The molecule has 0 bridgehead atoms. The monoisotopic (exact) mass is 476 g/mol. The standard InChI is InChI=1S/C29H29FO5/c1-5-14-34-28-15-20(10-12-25(28)26-18-23(32-3)11-13-27(26)30)19-35-24-9-7-8-22(16-24)21(6-2)17-29(31)33-4/h1,7-13,15-16,18,21H,6,14,17,19H2,2-4H3/t21-/m1/s1. The molecule has 0 amide bonds. The zero-order valence-electron chi connectivity index (χ0n) is 20.2. The lowest BCUT2D eigenvalue weighted by Gasteiger charge is -2.16. The first-order valence-corrected chi connectivity index (χ1v) is 11.3. The summed E-state index contributed by atoms with van der Waals surface area (Å²) < 4.78 is 36.4. The number of esters is 1. The number of carbonyl (C=O) groups is 1. The molecule has 3 aromatic carbocycles. The summed E-state index contributed by atoms with van der Waals surface area (Å²) in [6.45, 7) is 2.35. The Morgan fingerprint density at radius 1 is 1.00 bits per heavy atom. The summed E-state index contributed by atoms with van der Waals surface area (Å²) in [4.78, 5) is 11.7. The number of halogens is 1. The Morgan fingerprint density at radius 3 is 2.54 bits per heavy atom. The first-order chi connectivity index (χ1) is 17.0. The summed E-state index contributed by atoms with van der Waals surface area (Å²) >= 11 is 0. The molecular weight excluding hydrogens is 447 g/mol. The number of hydrogen-bond acceptors (Lipinski definition) is 5. The minimum absolute atomic E-state index is 0.0452. The average molecular weight is 477 g/mol. The highest BCUT2D eigenvalue weighted by molar-refractivity contribution is 5.73. The highest BCUT2D eigenvalue weighted by atomic mass is 19.1. The maximum atomic E-state index is 14.6. The zero-order valence-corrected chi connectivity index (χ0v) is 20.2. The molecule has 0 saturated carbocycles. The number of terminal acetylenes is 1. The maximum absolute atomic E-state index is 14.6. The van der Waals surface area contributed by atoms with Crippen molar-refractivity contribution in [3.05, 3.63) is 77.6 Å². The van der Waals surface area contributed by atoms with Gasteiger partial charge in [0.05, 0.1) is 20.6 Å². The molecule has 0 saturated heterocycles. The number of ether oxygens (including phenoxy) is 4. The van der Waals surface area contributed by atoms with Crippen molar-refractivity contribution in [2.45, 2.75) is 32.3 Å². The van der Waals surface area contributed by atoms with Crippen molar-refractivity contribution in [3.63, 3.8) is 0 Å². The summed E-state index contributed by atoms with van der Waals surface area (Å²) in [5.41, 5.74) is 2.76. The Bertz CT molecular complexity index is 1200. The van der Waals surface area contributed by atoms with Crippen molar-refractivity contribution in [1.82, 2.24) is 0 Å². The van der Waals surface area contributed by atoms with E-state index in [9.17, 15) is 9.18 Å². The molecule has 0 aliphatic heterocycles. The SMILES string of the molecule is C#CCOc1cc(COc2cccc([C@H](CC)CC(=O)OC)c2)ccc1-c1cc(OC)ccc1F. The van der Waals surface area contributed by atoms with Crippen molar-refractivity contribution in [3.8, 4) is 40.7 Å². The van der Waals surface area contributed by atoms with Crippen molar-refractivity contribution < 1.29 is 28.1 Å². The molecule has 3 aromatic rings. The predicted octanol–water partition coefficient (Wildman–Crippen LogP) is 6.15. The molecule has 0 fully saturated rings. The van der Waals surface area contributed by atoms with E-state index >= 15 is 0 Å². The van der Waals surface area contributed by atoms with Crippen LogP contribution in [0, 0.1) is 18.2 Å². The van der Waals surface area contributed by atoms with Crippen molar-refractivity contribution >= 4 is 5.97 Å². The molecule has 0 unspecified atom stereocenters. The van der Waals surface area contributed by atoms with E-state index in [0.717, 1.165) is 17.5 Å². The van der Waals surface area contributed by atoms with Gasteiger partial charge in [0.2, 0.25) is 0 Å². The largest absolute Gasteiger partial charge is 0.497 e. The van der Waals surface area contributed by atoms with Crippen LogP contribution in [0.1, 0.15) is 36.8 Å². The molecule has 0 aliphatic carbocycles. The van der Waals surface area contributed by atoms with Gasteiger partial charge in [0.25, 0.3) is 0 Å². The normalized spacial score (nSPS) is 11.3. The van der Waals surface area contributed by atoms with E-state index in [1.807, 2.05) is 37.3 Å². The van der Waals surface area contributed by atoms with Crippen LogP contribution in [0.3, 0.4) is 0 Å². The minimum Gasteiger partial charge on any atom is -0.497 e. The Hall–Kier alpha value is -3.98. The molecule has 0 radical (unpaired) electrons. The van der Waals surface area contributed by atoms with E-state index in [1.54, 1.807) is 24.3 Å². The Balaban J connectivity index is 1.82. The third-order valence-corrected chi connectivity index (χ3v) is 5.69. The van der Waals surface area contributed by atoms with Crippen LogP contribution in [0.25, 0.3) is 11.1 Å². The first kappa shape index (κ1) is 25.6. The number of methoxy groups -OCH3 is 2. The second-order valence-corrected chi connectivity index (χ2v) is 7.92. The number of benzene rings is 3. The number of hydrogen-bond donors (Lipinski definition) is 0. The summed E-state index contributed by atoms with van der Waals surface area (Å²) in [6.07, 6.45) is 6.50. The van der Waals surface area contributed by atoms with Gasteiger partial charge in [-0.3, -0.25) is 4.79 Å². The van der Waals surface area contributed by atoms with Crippen LogP contribution in [0.15, 0.2) is 60.7 Å². The molecule has 6 heteroatoms. The van der Waals surface area contributed by atoms with Crippen LogP contribution >= 0.6 is 0 Å². The smallest absolute Gasteiger partial charge is 0.306 e. The van der Waals surface area contributed by atoms with Gasteiger partial charge in [-0.15, -0.1) is 6.42 Å². The molecular formula is C29H29FO5. The highest BCUT2D eigenvalue weighted by Gasteiger charge is 2.16. The summed E-state index contributed by atoms with van der Waals surface area (Å²) in [6, 6.07) is 17.6. The maximum Gasteiger partial charge on any atom is 0.306 e. The molecule has 35 heavy (non-hydrogen) atoms. The second kappa shape index (κ2) is 12.5. The van der Waals surface area contributed by atoms with Gasteiger partial charge in [0.15, 0.2) is 0 Å². The van der Waals surface area contributed by atoms with Crippen molar-refractivity contribution in [2.75, 3.05) is 20.8 Å². The fourth-order valence-electron chi connectivity index (χ4n) is 3.76. The van der Waals surface area contributed by atoms with Gasteiger partial charge in [0.1, 0.15) is 36.3 Å². The molecule has 3 rings (SSSR count). The van der Waals surface area contributed by atoms with Gasteiger partial charge < -0.3 is 18.9 Å². The quantitative estimate of drug-likeness (QED) is 0.245. The topological polar surface area (TPSA) is 54.0 Å². The first-order valence-electron chi connectivity index (χ1n) is 11.3. The second-order valence-electron chi connectivity index (χ2n) is 7.92. The van der Waals surface area contributed by atoms with E-state index < -0.39 is 5.82 Å². The van der Waals surface area contributed by atoms with Crippen LogP contribution in [0.5, 0.6) is 17.2 Å². The molecule has 0 heterocycles. The lowest BCUT2D eigenvalue weighted by Crippen LogP contribution is -2.08. The summed E-state index contributed by atoms with van der Waals surface area (Å²) in [5, 5.41) is 0. The van der Waals surface area contributed by atoms with Crippen molar-refractivity contribution in [2.24, 2.45) is 0 Å². The van der Waals surface area contributed by atoms with Gasteiger partial charge in [-0.25, -0.2) is 4.39 Å². The fraction of sp³-hybridized carbons (Fsp3) is 0.276. The Labute approximate surface area is 205 Å². The lowest BCUT2D eigenvalue weighted by molar-refractivity contribution is -0.141.